The molecule has 1 aromatic heterocycles. The molecule has 0 fully saturated rings. The fourth-order valence-electron chi connectivity index (χ4n) is 4.93. The first-order valence-corrected chi connectivity index (χ1v) is 14.8. The Morgan fingerprint density at radius 3 is 1.43 bits per heavy atom. The Hall–Kier alpha value is -5.42. The summed E-state index contributed by atoms with van der Waals surface area (Å²) < 4.78 is 6.27. The van der Waals surface area contributed by atoms with Crippen LogP contribution in [-0.4, -0.2) is 11.9 Å². The highest BCUT2D eigenvalue weighted by Gasteiger charge is 2.13. The van der Waals surface area contributed by atoms with Gasteiger partial charge in [-0.25, -0.2) is 10.0 Å². The van der Waals surface area contributed by atoms with Gasteiger partial charge in [0.25, 0.3) is 0 Å². The van der Waals surface area contributed by atoms with Gasteiger partial charge in [0.1, 0.15) is 11.3 Å². The maximum Gasteiger partial charge on any atom is 0.151 e. The molecule has 0 saturated carbocycles. The number of aryl methyl sites for hydroxylation is 4. The maximum absolute atomic E-state index is 6.27. The van der Waals surface area contributed by atoms with Crippen LogP contribution in [-0.2, 0) is 0 Å². The van der Waals surface area contributed by atoms with Crippen LogP contribution < -0.4 is 10.0 Å². The number of benzene rings is 5. The second-order valence-electron chi connectivity index (χ2n) is 11.3. The number of fused-ring (bicyclic) bond motifs is 1. The Balaban J connectivity index is 1.31. The van der Waals surface area contributed by atoms with Gasteiger partial charge in [-0.15, -0.1) is 0 Å². The zero-order valence-corrected chi connectivity index (χ0v) is 25.8. The molecule has 0 N–H and O–H groups in total. The summed E-state index contributed by atoms with van der Waals surface area (Å²) in [6.45, 7) is 10.3. The van der Waals surface area contributed by atoms with Crippen molar-refractivity contribution >= 4 is 45.6 Å². The monoisotopic (exact) mass is 576 g/mol. The quantitative estimate of drug-likeness (QED) is 0.134. The third-order valence-corrected chi connectivity index (χ3v) is 7.58. The SMILES string of the molecule is CC(=NN(c1ccc(C)cc1)c1ccc(C)cc1)c1cc2cc(C=NN(c3ccc(C)cc3)c3ccc(C)cc3)ccc2o1. The molecule has 0 aliphatic carbocycles. The third kappa shape index (κ3) is 6.47. The molecule has 0 bridgehead atoms. The molecule has 0 spiro atoms. The predicted molar refractivity (Wildman–Crippen MR) is 185 cm³/mol. The minimum absolute atomic E-state index is 0.722. The summed E-state index contributed by atoms with van der Waals surface area (Å²) in [5, 5.41) is 14.9. The van der Waals surface area contributed by atoms with Gasteiger partial charge in [-0.1, -0.05) is 70.8 Å². The Kier molecular flexibility index (Phi) is 8.11. The number of anilines is 4. The van der Waals surface area contributed by atoms with Crippen molar-refractivity contribution in [2.45, 2.75) is 34.6 Å². The Morgan fingerprint density at radius 1 is 0.545 bits per heavy atom. The molecule has 0 saturated heterocycles. The van der Waals surface area contributed by atoms with Gasteiger partial charge in [-0.2, -0.15) is 10.2 Å². The molecule has 218 valence electrons. The molecule has 0 atom stereocenters. The highest BCUT2D eigenvalue weighted by molar-refractivity contribution is 6.01. The normalized spacial score (nSPS) is 11.8. The molecule has 1 heterocycles. The number of hydrogen-bond acceptors (Lipinski definition) is 5. The molecular weight excluding hydrogens is 540 g/mol. The molecule has 5 heteroatoms. The van der Waals surface area contributed by atoms with Gasteiger partial charge < -0.3 is 4.42 Å². The molecule has 6 rings (SSSR count). The van der Waals surface area contributed by atoms with Crippen molar-refractivity contribution in [3.8, 4) is 0 Å². The lowest BCUT2D eigenvalue weighted by molar-refractivity contribution is 0.604. The van der Waals surface area contributed by atoms with Gasteiger partial charge in [-0.3, -0.25) is 0 Å². The van der Waals surface area contributed by atoms with Gasteiger partial charge in [0.2, 0.25) is 0 Å². The van der Waals surface area contributed by atoms with E-state index in [-0.39, 0.29) is 0 Å². The Labute approximate surface area is 259 Å². The molecule has 0 amide bonds. The van der Waals surface area contributed by atoms with Crippen molar-refractivity contribution in [2.24, 2.45) is 10.2 Å². The topological polar surface area (TPSA) is 44.3 Å². The van der Waals surface area contributed by atoms with Crippen LogP contribution in [0, 0.1) is 27.7 Å². The first-order chi connectivity index (χ1) is 21.3. The van der Waals surface area contributed by atoms with Crippen LogP contribution in [0.3, 0.4) is 0 Å². The van der Waals surface area contributed by atoms with E-state index in [9.17, 15) is 0 Å². The van der Waals surface area contributed by atoms with E-state index in [1.54, 1.807) is 0 Å². The molecule has 0 aliphatic heterocycles. The number of rotatable bonds is 8. The summed E-state index contributed by atoms with van der Waals surface area (Å²) in [5.74, 6) is 0.722. The average molecular weight is 577 g/mol. The second kappa shape index (κ2) is 12.4. The van der Waals surface area contributed by atoms with Gasteiger partial charge in [0.15, 0.2) is 5.76 Å². The summed E-state index contributed by atoms with van der Waals surface area (Å²) in [6.07, 6.45) is 1.89. The van der Waals surface area contributed by atoms with Crippen molar-refractivity contribution in [2.75, 3.05) is 10.0 Å². The summed E-state index contributed by atoms with van der Waals surface area (Å²) in [7, 11) is 0. The summed E-state index contributed by atoms with van der Waals surface area (Å²) >= 11 is 0. The highest BCUT2D eigenvalue weighted by Crippen LogP contribution is 2.29. The lowest BCUT2D eigenvalue weighted by Gasteiger charge is -2.20. The highest BCUT2D eigenvalue weighted by atomic mass is 16.3. The lowest BCUT2D eigenvalue weighted by atomic mass is 10.1. The first kappa shape index (κ1) is 28.7. The number of hydrogen-bond donors (Lipinski definition) is 0. The fourth-order valence-corrected chi connectivity index (χ4v) is 4.93. The van der Waals surface area contributed by atoms with Crippen LogP contribution in [0.4, 0.5) is 22.7 Å². The van der Waals surface area contributed by atoms with Crippen molar-refractivity contribution in [1.29, 1.82) is 0 Å². The summed E-state index contributed by atoms with van der Waals surface area (Å²) in [5.41, 5.74) is 11.4. The largest absolute Gasteiger partial charge is 0.455 e. The van der Waals surface area contributed by atoms with E-state index >= 15 is 0 Å². The van der Waals surface area contributed by atoms with E-state index in [2.05, 4.69) is 131 Å². The van der Waals surface area contributed by atoms with Crippen molar-refractivity contribution in [3.05, 3.63) is 155 Å². The van der Waals surface area contributed by atoms with Crippen molar-refractivity contribution < 1.29 is 4.42 Å². The first-order valence-electron chi connectivity index (χ1n) is 14.8. The number of nitrogens with zero attached hydrogens (tertiary/aromatic N) is 4. The minimum atomic E-state index is 0.722. The maximum atomic E-state index is 6.27. The second-order valence-corrected chi connectivity index (χ2v) is 11.3. The molecule has 0 unspecified atom stereocenters. The predicted octanol–water partition coefficient (Wildman–Crippen LogP) is 10.4. The smallest absolute Gasteiger partial charge is 0.151 e. The standard InChI is InChI=1S/C39H36N4O/c1-27-6-15-34(16-7-27)42(35-17-8-28(2)9-18-35)40-26-32-14-23-38-33(24-32)25-39(44-38)31(5)41-43(36-19-10-29(3)11-20-36)37-21-12-30(4)13-22-37/h6-26H,1-5H3. The van der Waals surface area contributed by atoms with Gasteiger partial charge >= 0.3 is 0 Å². The van der Waals surface area contributed by atoms with Crippen molar-refractivity contribution in [3.63, 3.8) is 0 Å². The number of furan rings is 1. The van der Waals surface area contributed by atoms with Crippen LogP contribution in [0.25, 0.3) is 11.0 Å². The fraction of sp³-hybridized carbons (Fsp3) is 0.128. The summed E-state index contributed by atoms with van der Waals surface area (Å²) in [4.78, 5) is 0. The van der Waals surface area contributed by atoms with Crippen LogP contribution in [0.2, 0.25) is 0 Å². The van der Waals surface area contributed by atoms with Gasteiger partial charge in [0.05, 0.1) is 29.0 Å². The van der Waals surface area contributed by atoms with Crippen LogP contribution in [0.1, 0.15) is 40.5 Å². The molecule has 0 aliphatic rings. The van der Waals surface area contributed by atoms with E-state index in [1.807, 2.05) is 41.4 Å². The summed E-state index contributed by atoms with van der Waals surface area (Å²) in [6, 6.07) is 41.7. The molecule has 44 heavy (non-hydrogen) atoms. The average Bonchev–Trinajstić information content (AvgIpc) is 3.46. The van der Waals surface area contributed by atoms with Crippen LogP contribution in [0.5, 0.6) is 0 Å². The molecule has 5 aromatic carbocycles. The molecular formula is C39H36N4O. The van der Waals surface area contributed by atoms with E-state index < -0.39 is 0 Å². The van der Waals surface area contributed by atoms with Crippen LogP contribution >= 0.6 is 0 Å². The molecule has 6 aromatic rings. The van der Waals surface area contributed by atoms with Gasteiger partial charge in [-0.05, 0) is 113 Å². The zero-order valence-electron chi connectivity index (χ0n) is 25.8. The van der Waals surface area contributed by atoms with E-state index in [1.165, 1.54) is 22.3 Å². The Morgan fingerprint density at radius 2 is 0.977 bits per heavy atom. The van der Waals surface area contributed by atoms with Gasteiger partial charge in [0, 0.05) is 5.39 Å². The lowest BCUT2D eigenvalue weighted by Crippen LogP contribution is -2.12. The van der Waals surface area contributed by atoms with E-state index in [0.29, 0.717) is 0 Å². The molecule has 5 nitrogen and oxygen atoms in total. The van der Waals surface area contributed by atoms with Crippen molar-refractivity contribution in [1.82, 2.24) is 0 Å². The third-order valence-electron chi connectivity index (χ3n) is 7.58. The Bertz CT molecular complexity index is 1840. The zero-order chi connectivity index (χ0) is 30.6. The van der Waals surface area contributed by atoms with Crippen LogP contribution in [0.15, 0.2) is 136 Å². The van der Waals surface area contributed by atoms with E-state index in [0.717, 1.165) is 50.8 Å². The minimum Gasteiger partial charge on any atom is -0.455 e. The number of hydrazone groups is 2. The molecule has 0 radical (unpaired) electrons. The van der Waals surface area contributed by atoms with E-state index in [4.69, 9.17) is 14.6 Å².